The Labute approximate surface area is 154 Å². The normalized spacial score (nSPS) is 22.9. The Morgan fingerprint density at radius 3 is 2.46 bits per heavy atom. The second-order valence-corrected chi connectivity index (χ2v) is 7.73. The van der Waals surface area contributed by atoms with E-state index in [2.05, 4.69) is 17.0 Å². The lowest BCUT2D eigenvalue weighted by Gasteiger charge is -2.44. The van der Waals surface area contributed by atoms with Crippen molar-refractivity contribution in [1.82, 2.24) is 9.80 Å². The number of carbonyl (C=O) groups excluding carboxylic acids is 1. The molecule has 1 N–H and O–H groups in total. The third-order valence-electron chi connectivity index (χ3n) is 5.28. The van der Waals surface area contributed by atoms with E-state index >= 15 is 0 Å². The largest absolute Gasteiger partial charge is 0.480 e. The zero-order valence-corrected chi connectivity index (χ0v) is 15.6. The molecular formula is C20H28N2O4. The van der Waals surface area contributed by atoms with E-state index in [0.29, 0.717) is 19.3 Å². The summed E-state index contributed by atoms with van der Waals surface area (Å²) in [5, 5.41) is 9.54. The molecule has 0 aromatic heterocycles. The van der Waals surface area contributed by atoms with E-state index in [1.54, 1.807) is 0 Å². The van der Waals surface area contributed by atoms with Gasteiger partial charge in [0.1, 0.15) is 5.72 Å². The average molecular weight is 360 g/mol. The Morgan fingerprint density at radius 2 is 1.88 bits per heavy atom. The van der Waals surface area contributed by atoms with Gasteiger partial charge in [0.25, 0.3) is 0 Å². The van der Waals surface area contributed by atoms with Gasteiger partial charge < -0.3 is 9.84 Å². The van der Waals surface area contributed by atoms with Crippen LogP contribution < -0.4 is 0 Å². The molecule has 2 heterocycles. The highest BCUT2D eigenvalue weighted by molar-refractivity contribution is 5.85. The van der Waals surface area contributed by atoms with Gasteiger partial charge in [-0.3, -0.25) is 14.6 Å². The summed E-state index contributed by atoms with van der Waals surface area (Å²) >= 11 is 0. The first kappa shape index (κ1) is 18.9. The first-order valence-corrected chi connectivity index (χ1v) is 9.36. The van der Waals surface area contributed by atoms with Gasteiger partial charge in [0.05, 0.1) is 6.61 Å². The van der Waals surface area contributed by atoms with Crippen molar-refractivity contribution >= 4 is 11.9 Å². The summed E-state index contributed by atoms with van der Waals surface area (Å²) in [5.41, 5.74) is 0.495. The molecule has 2 aliphatic rings. The van der Waals surface area contributed by atoms with E-state index in [0.717, 1.165) is 19.6 Å². The van der Waals surface area contributed by atoms with Gasteiger partial charge in [-0.05, 0) is 11.5 Å². The number of aliphatic carboxylic acids is 1. The summed E-state index contributed by atoms with van der Waals surface area (Å²) in [6.45, 7) is 6.45. The topological polar surface area (TPSA) is 70.1 Å². The van der Waals surface area contributed by atoms with E-state index in [-0.39, 0.29) is 18.4 Å². The number of ether oxygens (including phenoxy) is 1. The molecule has 1 spiro atoms. The molecular weight excluding hydrogens is 332 g/mol. The molecule has 2 aliphatic heterocycles. The van der Waals surface area contributed by atoms with Crippen LogP contribution in [0.5, 0.6) is 0 Å². The number of benzene rings is 1. The van der Waals surface area contributed by atoms with Gasteiger partial charge in [0.15, 0.2) is 6.04 Å². The number of carboxylic acids is 1. The van der Waals surface area contributed by atoms with E-state index in [9.17, 15) is 14.7 Å². The van der Waals surface area contributed by atoms with Gasteiger partial charge in [0.2, 0.25) is 5.91 Å². The van der Waals surface area contributed by atoms with Crippen LogP contribution in [0.2, 0.25) is 0 Å². The van der Waals surface area contributed by atoms with Crippen molar-refractivity contribution in [3.63, 3.8) is 0 Å². The predicted octanol–water partition coefficient (Wildman–Crippen LogP) is 2.34. The molecule has 1 amide bonds. The van der Waals surface area contributed by atoms with Gasteiger partial charge in [-0.1, -0.05) is 44.2 Å². The highest BCUT2D eigenvalue weighted by Gasteiger charge is 2.53. The van der Waals surface area contributed by atoms with E-state index in [4.69, 9.17) is 4.74 Å². The van der Waals surface area contributed by atoms with Crippen molar-refractivity contribution in [2.24, 2.45) is 5.92 Å². The van der Waals surface area contributed by atoms with Gasteiger partial charge in [0, 0.05) is 38.9 Å². The van der Waals surface area contributed by atoms with Crippen LogP contribution in [-0.4, -0.2) is 58.2 Å². The number of likely N-dealkylation sites (tertiary alicyclic amines) is 1. The molecule has 1 unspecified atom stereocenters. The molecule has 26 heavy (non-hydrogen) atoms. The lowest BCUT2D eigenvalue weighted by atomic mass is 9.96. The molecule has 0 bridgehead atoms. The lowest BCUT2D eigenvalue weighted by molar-refractivity contribution is -0.166. The van der Waals surface area contributed by atoms with Crippen LogP contribution in [0.15, 0.2) is 30.3 Å². The van der Waals surface area contributed by atoms with Gasteiger partial charge >= 0.3 is 5.97 Å². The molecule has 0 radical (unpaired) electrons. The second kappa shape index (κ2) is 7.76. The zero-order valence-electron chi connectivity index (χ0n) is 15.6. The Bertz CT molecular complexity index is 638. The molecule has 2 saturated heterocycles. The van der Waals surface area contributed by atoms with Crippen LogP contribution in [0.1, 0.15) is 38.7 Å². The number of nitrogens with zero attached hydrogens (tertiary/aromatic N) is 2. The summed E-state index contributed by atoms with van der Waals surface area (Å²) in [6.07, 6.45) is 1.64. The van der Waals surface area contributed by atoms with Crippen molar-refractivity contribution < 1.29 is 19.4 Å². The number of carbonyl (C=O) groups is 2. The fourth-order valence-corrected chi connectivity index (χ4v) is 3.98. The number of carboxylic acid groups (broad SMARTS) is 1. The smallest absolute Gasteiger partial charge is 0.328 e. The fourth-order valence-electron chi connectivity index (χ4n) is 3.98. The van der Waals surface area contributed by atoms with E-state index < -0.39 is 17.7 Å². The van der Waals surface area contributed by atoms with Crippen molar-refractivity contribution in [1.29, 1.82) is 0 Å². The van der Waals surface area contributed by atoms with E-state index in [1.807, 2.05) is 32.0 Å². The number of hydrogen-bond donors (Lipinski definition) is 1. The summed E-state index contributed by atoms with van der Waals surface area (Å²) in [4.78, 5) is 28.3. The van der Waals surface area contributed by atoms with Crippen LogP contribution in [0.25, 0.3) is 0 Å². The molecule has 1 atom stereocenters. The summed E-state index contributed by atoms with van der Waals surface area (Å²) < 4.78 is 5.97. The lowest BCUT2D eigenvalue weighted by Crippen LogP contribution is -2.58. The molecule has 0 aliphatic carbocycles. The van der Waals surface area contributed by atoms with Crippen molar-refractivity contribution in [3.05, 3.63) is 35.9 Å². The van der Waals surface area contributed by atoms with Gasteiger partial charge in [-0.15, -0.1) is 0 Å². The van der Waals surface area contributed by atoms with Gasteiger partial charge in [-0.25, -0.2) is 4.79 Å². The Balaban J connectivity index is 1.70. The summed E-state index contributed by atoms with van der Waals surface area (Å²) in [7, 11) is 0. The Hall–Kier alpha value is -1.92. The Morgan fingerprint density at radius 1 is 1.23 bits per heavy atom. The summed E-state index contributed by atoms with van der Waals surface area (Å²) in [5.74, 6) is -0.903. The minimum atomic E-state index is -0.981. The molecule has 6 nitrogen and oxygen atoms in total. The Kier molecular flexibility index (Phi) is 5.63. The SMILES string of the molecule is CC(C)CC(=O)N1C(C(=O)O)COC12CCN(Cc1ccccc1)CC2. The quantitative estimate of drug-likeness (QED) is 0.873. The fraction of sp³-hybridized carbons (Fsp3) is 0.600. The number of piperidine rings is 1. The third-order valence-corrected chi connectivity index (χ3v) is 5.28. The minimum absolute atomic E-state index is 0.0812. The van der Waals surface area contributed by atoms with Gasteiger partial charge in [-0.2, -0.15) is 0 Å². The van der Waals surface area contributed by atoms with E-state index in [1.165, 1.54) is 10.5 Å². The predicted molar refractivity (Wildman–Crippen MR) is 97.4 cm³/mol. The van der Waals surface area contributed by atoms with Crippen LogP contribution in [0.3, 0.4) is 0 Å². The number of rotatable bonds is 5. The van der Waals surface area contributed by atoms with Crippen molar-refractivity contribution in [3.8, 4) is 0 Å². The monoisotopic (exact) mass is 360 g/mol. The maximum absolute atomic E-state index is 12.8. The minimum Gasteiger partial charge on any atom is -0.480 e. The average Bonchev–Trinajstić information content (AvgIpc) is 2.97. The molecule has 6 heteroatoms. The summed E-state index contributed by atoms with van der Waals surface area (Å²) in [6, 6.07) is 9.41. The van der Waals surface area contributed by atoms with Crippen LogP contribution in [0.4, 0.5) is 0 Å². The maximum atomic E-state index is 12.8. The van der Waals surface area contributed by atoms with Crippen molar-refractivity contribution in [2.45, 2.75) is 51.4 Å². The first-order chi connectivity index (χ1) is 12.4. The van der Waals surface area contributed by atoms with Crippen molar-refractivity contribution in [2.75, 3.05) is 19.7 Å². The van der Waals surface area contributed by atoms with Crippen LogP contribution in [-0.2, 0) is 20.9 Å². The second-order valence-electron chi connectivity index (χ2n) is 7.73. The highest BCUT2D eigenvalue weighted by atomic mass is 16.5. The number of amides is 1. The third kappa shape index (κ3) is 3.91. The molecule has 142 valence electrons. The maximum Gasteiger partial charge on any atom is 0.328 e. The molecule has 0 saturated carbocycles. The molecule has 3 rings (SSSR count). The zero-order chi connectivity index (χ0) is 18.7. The molecule has 1 aromatic carbocycles. The molecule has 1 aromatic rings. The highest BCUT2D eigenvalue weighted by Crippen LogP contribution is 2.38. The number of hydrogen-bond acceptors (Lipinski definition) is 4. The van der Waals surface area contributed by atoms with Crippen LogP contribution >= 0.6 is 0 Å². The standard InChI is InChI=1S/C20H28N2O4/c1-15(2)12-18(23)22-17(19(24)25)14-26-20(22)8-10-21(11-9-20)13-16-6-4-3-5-7-16/h3-7,15,17H,8-14H2,1-2H3,(H,24,25). The van der Waals surface area contributed by atoms with Crippen LogP contribution in [0, 0.1) is 5.92 Å². The first-order valence-electron chi connectivity index (χ1n) is 9.36. The molecule has 2 fully saturated rings.